The number of hydrogen-bond acceptors (Lipinski definition) is 3. The maximum atomic E-state index is 13.8. The molecule has 1 aromatic heterocycles. The number of carbonyl (C=O) groups excluding carboxylic acids is 1. The van der Waals surface area contributed by atoms with Gasteiger partial charge in [-0.1, -0.05) is 37.6 Å². The molecule has 0 radical (unpaired) electrons. The predicted octanol–water partition coefficient (Wildman–Crippen LogP) is 4.03. The van der Waals surface area contributed by atoms with E-state index in [0.717, 1.165) is 19.3 Å². The van der Waals surface area contributed by atoms with Gasteiger partial charge < -0.3 is 5.32 Å². The molecule has 1 amide bonds. The minimum atomic E-state index is -0.452. The summed E-state index contributed by atoms with van der Waals surface area (Å²) in [4.78, 5) is 28.6. The molecule has 0 atom stereocenters. The summed E-state index contributed by atoms with van der Waals surface area (Å²) in [6.07, 6.45) is 4.54. The molecule has 0 saturated carbocycles. The van der Waals surface area contributed by atoms with Crippen LogP contribution in [0, 0.1) is 5.82 Å². The molecule has 0 aliphatic heterocycles. The van der Waals surface area contributed by atoms with Crippen LogP contribution in [0.4, 0.5) is 10.1 Å². The van der Waals surface area contributed by atoms with Crippen molar-refractivity contribution in [3.05, 3.63) is 82.7 Å². The van der Waals surface area contributed by atoms with Gasteiger partial charge in [0.25, 0.3) is 5.56 Å². The third-order valence-electron chi connectivity index (χ3n) is 4.40. The Balaban J connectivity index is 1.66. The quantitative estimate of drug-likeness (QED) is 0.674. The number of benzene rings is 2. The highest BCUT2D eigenvalue weighted by Crippen LogP contribution is 2.18. The molecule has 6 heteroatoms. The van der Waals surface area contributed by atoms with Crippen molar-refractivity contribution in [3.8, 4) is 11.3 Å². The fourth-order valence-corrected chi connectivity index (χ4v) is 2.85. The summed E-state index contributed by atoms with van der Waals surface area (Å²) >= 11 is 0. The average Bonchev–Trinajstić information content (AvgIpc) is 2.69. The number of aromatic nitrogens is 2. The van der Waals surface area contributed by atoms with Gasteiger partial charge in [0.05, 0.1) is 12.0 Å². The van der Waals surface area contributed by atoms with Crippen LogP contribution in [0.1, 0.15) is 25.3 Å². The first-order valence-corrected chi connectivity index (χ1v) is 9.27. The number of carbonyl (C=O) groups is 1. The zero-order valence-electron chi connectivity index (χ0n) is 15.7. The number of nitrogens with one attached hydrogen (secondary N) is 1. The van der Waals surface area contributed by atoms with Crippen LogP contribution in [0.25, 0.3) is 11.3 Å². The summed E-state index contributed by atoms with van der Waals surface area (Å²) < 4.78 is 15.0. The lowest BCUT2D eigenvalue weighted by Crippen LogP contribution is -2.27. The van der Waals surface area contributed by atoms with E-state index < -0.39 is 11.4 Å². The van der Waals surface area contributed by atoms with Crippen LogP contribution in [0.15, 0.2) is 65.7 Å². The van der Waals surface area contributed by atoms with Crippen LogP contribution in [0.5, 0.6) is 0 Å². The molecule has 3 aromatic rings. The van der Waals surface area contributed by atoms with Gasteiger partial charge in [0.15, 0.2) is 0 Å². The van der Waals surface area contributed by atoms with E-state index in [1.54, 1.807) is 18.2 Å². The highest BCUT2D eigenvalue weighted by Gasteiger charge is 2.10. The molecule has 0 aliphatic rings. The van der Waals surface area contributed by atoms with Crippen LogP contribution in [-0.4, -0.2) is 15.5 Å². The van der Waals surface area contributed by atoms with Gasteiger partial charge in [0, 0.05) is 17.3 Å². The standard InChI is InChI=1S/C22H22FN3O2/c1-2-3-6-16-9-11-17(12-10-16)25-21(27)14-26-15-24-20(13-22(26)28)18-7-4-5-8-19(18)23/h4-5,7-13,15H,2-3,6,14H2,1H3,(H,25,27). The molecule has 0 fully saturated rings. The fraction of sp³-hybridized carbons (Fsp3) is 0.227. The minimum Gasteiger partial charge on any atom is -0.325 e. The van der Waals surface area contributed by atoms with Crippen molar-refractivity contribution in [3.63, 3.8) is 0 Å². The Bertz CT molecular complexity index is 1010. The Labute approximate surface area is 162 Å². The summed E-state index contributed by atoms with van der Waals surface area (Å²) in [5.74, 6) is -0.781. The van der Waals surface area contributed by atoms with Gasteiger partial charge in [-0.25, -0.2) is 9.37 Å². The number of hydrogen-bond donors (Lipinski definition) is 1. The first kappa shape index (κ1) is 19.5. The molecule has 3 rings (SSSR count). The topological polar surface area (TPSA) is 64.0 Å². The van der Waals surface area contributed by atoms with Crippen LogP contribution in [-0.2, 0) is 17.8 Å². The Morgan fingerprint density at radius 2 is 1.89 bits per heavy atom. The number of amides is 1. The summed E-state index contributed by atoms with van der Waals surface area (Å²) in [7, 11) is 0. The van der Waals surface area contributed by atoms with Crippen LogP contribution in [0.3, 0.4) is 0 Å². The third kappa shape index (κ3) is 4.91. The van der Waals surface area contributed by atoms with E-state index in [4.69, 9.17) is 0 Å². The minimum absolute atomic E-state index is 0.166. The lowest BCUT2D eigenvalue weighted by molar-refractivity contribution is -0.116. The zero-order valence-corrected chi connectivity index (χ0v) is 15.7. The van der Waals surface area contributed by atoms with Gasteiger partial charge in [0.1, 0.15) is 12.4 Å². The molecular weight excluding hydrogens is 357 g/mol. The van der Waals surface area contributed by atoms with Gasteiger partial charge in [-0.2, -0.15) is 0 Å². The normalized spacial score (nSPS) is 10.6. The number of nitrogens with zero attached hydrogens (tertiary/aromatic N) is 2. The molecule has 28 heavy (non-hydrogen) atoms. The van der Waals surface area contributed by atoms with Crippen LogP contribution in [0.2, 0.25) is 0 Å². The maximum Gasteiger partial charge on any atom is 0.254 e. The van der Waals surface area contributed by atoms with E-state index in [-0.39, 0.29) is 23.7 Å². The van der Waals surface area contributed by atoms with Gasteiger partial charge >= 0.3 is 0 Å². The lowest BCUT2D eigenvalue weighted by atomic mass is 10.1. The van der Waals surface area contributed by atoms with E-state index in [1.807, 2.05) is 24.3 Å². The molecular formula is C22H22FN3O2. The second kappa shape index (κ2) is 9.08. The van der Waals surface area contributed by atoms with E-state index in [2.05, 4.69) is 17.2 Å². The maximum absolute atomic E-state index is 13.8. The van der Waals surface area contributed by atoms with Crippen molar-refractivity contribution >= 4 is 11.6 Å². The summed E-state index contributed by atoms with van der Waals surface area (Å²) in [6.45, 7) is 1.98. The Morgan fingerprint density at radius 1 is 1.14 bits per heavy atom. The highest BCUT2D eigenvalue weighted by atomic mass is 19.1. The van der Waals surface area contributed by atoms with Gasteiger partial charge in [-0.3, -0.25) is 14.2 Å². The van der Waals surface area contributed by atoms with Crippen molar-refractivity contribution in [1.82, 2.24) is 9.55 Å². The van der Waals surface area contributed by atoms with Crippen molar-refractivity contribution in [2.45, 2.75) is 32.7 Å². The smallest absolute Gasteiger partial charge is 0.254 e. The summed E-state index contributed by atoms with van der Waals surface area (Å²) in [5.41, 5.74) is 1.97. The second-order valence-electron chi connectivity index (χ2n) is 6.57. The molecule has 1 heterocycles. The number of halogens is 1. The Morgan fingerprint density at radius 3 is 2.57 bits per heavy atom. The SMILES string of the molecule is CCCCc1ccc(NC(=O)Cn2cnc(-c3ccccc3F)cc2=O)cc1. The molecule has 0 aliphatic carbocycles. The zero-order chi connectivity index (χ0) is 19.9. The van der Waals surface area contributed by atoms with Crippen LogP contribution >= 0.6 is 0 Å². The van der Waals surface area contributed by atoms with E-state index >= 15 is 0 Å². The first-order chi connectivity index (χ1) is 13.6. The third-order valence-corrected chi connectivity index (χ3v) is 4.40. The van der Waals surface area contributed by atoms with E-state index in [0.29, 0.717) is 5.69 Å². The molecule has 5 nitrogen and oxygen atoms in total. The van der Waals surface area contributed by atoms with Crippen molar-refractivity contribution in [1.29, 1.82) is 0 Å². The molecule has 0 spiro atoms. The Kier molecular flexibility index (Phi) is 6.32. The van der Waals surface area contributed by atoms with Crippen molar-refractivity contribution < 1.29 is 9.18 Å². The second-order valence-corrected chi connectivity index (χ2v) is 6.57. The molecule has 0 bridgehead atoms. The largest absolute Gasteiger partial charge is 0.325 e. The van der Waals surface area contributed by atoms with Gasteiger partial charge in [-0.15, -0.1) is 0 Å². The lowest BCUT2D eigenvalue weighted by Gasteiger charge is -2.09. The Hall–Kier alpha value is -3.28. The van der Waals surface area contributed by atoms with Crippen molar-refractivity contribution in [2.75, 3.05) is 5.32 Å². The average molecular weight is 379 g/mol. The molecule has 0 saturated heterocycles. The van der Waals surface area contributed by atoms with E-state index in [9.17, 15) is 14.0 Å². The van der Waals surface area contributed by atoms with Crippen LogP contribution < -0.4 is 10.9 Å². The predicted molar refractivity (Wildman–Crippen MR) is 108 cm³/mol. The highest BCUT2D eigenvalue weighted by molar-refractivity contribution is 5.90. The van der Waals surface area contributed by atoms with Crippen molar-refractivity contribution in [2.24, 2.45) is 0 Å². The van der Waals surface area contributed by atoms with Gasteiger partial charge in [0.2, 0.25) is 5.91 Å². The molecule has 2 aromatic carbocycles. The molecule has 144 valence electrons. The fourth-order valence-electron chi connectivity index (χ4n) is 2.85. The number of aryl methyl sites for hydroxylation is 1. The van der Waals surface area contributed by atoms with Gasteiger partial charge in [-0.05, 0) is 42.7 Å². The molecule has 0 unspecified atom stereocenters. The first-order valence-electron chi connectivity index (χ1n) is 9.27. The summed E-state index contributed by atoms with van der Waals surface area (Å²) in [6, 6.07) is 15.0. The van der Waals surface area contributed by atoms with E-state index in [1.165, 1.54) is 28.6 Å². The number of anilines is 1. The number of rotatable bonds is 7. The number of unbranched alkanes of at least 4 members (excludes halogenated alkanes) is 1. The summed E-state index contributed by atoms with van der Waals surface area (Å²) in [5, 5.41) is 2.77. The molecule has 1 N–H and O–H groups in total. The monoisotopic (exact) mass is 379 g/mol.